The molecule has 138 valence electrons. The molecule has 0 atom stereocenters. The molecule has 28 heavy (non-hydrogen) atoms. The molecule has 1 aliphatic rings. The highest BCUT2D eigenvalue weighted by molar-refractivity contribution is 6.23. The first-order valence-corrected chi connectivity index (χ1v) is 9.75. The Morgan fingerprint density at radius 3 is 2.71 bits per heavy atom. The smallest absolute Gasteiger partial charge is 0.256 e. The van der Waals surface area contributed by atoms with Crippen molar-refractivity contribution in [3.05, 3.63) is 59.0 Å². The average Bonchev–Trinajstić information content (AvgIpc) is 3.49. The van der Waals surface area contributed by atoms with Crippen LogP contribution in [0.3, 0.4) is 0 Å². The van der Waals surface area contributed by atoms with E-state index in [-0.39, 0.29) is 5.56 Å². The third kappa shape index (κ3) is 2.17. The monoisotopic (exact) mass is 369 g/mol. The Bertz CT molecular complexity index is 1390. The zero-order valence-corrected chi connectivity index (χ0v) is 15.2. The van der Waals surface area contributed by atoms with Gasteiger partial charge in [-0.05, 0) is 35.9 Å². The molecule has 6 rings (SSSR count). The van der Waals surface area contributed by atoms with Crippen LogP contribution < -0.4 is 5.56 Å². The molecule has 0 amide bonds. The average molecular weight is 369 g/mol. The Balaban J connectivity index is 1.74. The van der Waals surface area contributed by atoms with Crippen LogP contribution in [-0.4, -0.2) is 25.1 Å². The van der Waals surface area contributed by atoms with E-state index in [0.29, 0.717) is 11.3 Å². The number of benzene rings is 2. The lowest BCUT2D eigenvalue weighted by Gasteiger charge is -2.07. The summed E-state index contributed by atoms with van der Waals surface area (Å²) in [5, 5.41) is 10.5. The molecule has 0 spiro atoms. The number of H-pyrrole nitrogens is 3. The Labute approximate surface area is 160 Å². The highest BCUT2D eigenvalue weighted by Gasteiger charge is 2.22. The van der Waals surface area contributed by atoms with Crippen molar-refractivity contribution in [2.75, 3.05) is 0 Å². The van der Waals surface area contributed by atoms with Crippen LogP contribution in [0.4, 0.5) is 0 Å². The maximum Gasteiger partial charge on any atom is 0.256 e. The second-order valence-electron chi connectivity index (χ2n) is 7.67. The number of imidazole rings is 1. The van der Waals surface area contributed by atoms with E-state index in [4.69, 9.17) is 4.98 Å². The predicted octanol–water partition coefficient (Wildman–Crippen LogP) is 4.61. The topological polar surface area (TPSA) is 90.2 Å². The van der Waals surface area contributed by atoms with Crippen LogP contribution >= 0.6 is 0 Å². The molecule has 5 aromatic rings. The van der Waals surface area contributed by atoms with Gasteiger partial charge >= 0.3 is 0 Å². The molecule has 0 bridgehead atoms. The second kappa shape index (κ2) is 5.79. The van der Waals surface area contributed by atoms with Gasteiger partial charge in [0.05, 0.1) is 22.6 Å². The Kier molecular flexibility index (Phi) is 3.23. The number of pyridine rings is 1. The zero-order valence-electron chi connectivity index (χ0n) is 15.2. The van der Waals surface area contributed by atoms with E-state index in [0.717, 1.165) is 44.1 Å². The van der Waals surface area contributed by atoms with Gasteiger partial charge in [-0.1, -0.05) is 25.0 Å². The van der Waals surface area contributed by atoms with Crippen molar-refractivity contribution < 1.29 is 0 Å². The molecule has 3 N–H and O–H groups in total. The summed E-state index contributed by atoms with van der Waals surface area (Å²) < 4.78 is 0. The van der Waals surface area contributed by atoms with Crippen LogP contribution in [0.15, 0.2) is 47.7 Å². The van der Waals surface area contributed by atoms with Crippen LogP contribution in [0.1, 0.15) is 37.4 Å². The lowest BCUT2D eigenvalue weighted by molar-refractivity contribution is 0.681. The standard InChI is InChI=1S/C22H19N5O/c28-22-18-16(7-8-23-22)20-19(26-21(27-20)12-3-1-2-4-12)15-6-5-13(9-17(15)18)14-10-24-25-11-14/h5-12H,1-4H2,(H,23,28)(H,24,25)(H,26,27). The lowest BCUT2D eigenvalue weighted by Crippen LogP contribution is -2.05. The summed E-state index contributed by atoms with van der Waals surface area (Å²) in [5.74, 6) is 1.55. The lowest BCUT2D eigenvalue weighted by atomic mass is 9.98. The molecule has 6 nitrogen and oxygen atoms in total. The summed E-state index contributed by atoms with van der Waals surface area (Å²) in [4.78, 5) is 24.2. The molecule has 0 aliphatic heterocycles. The minimum absolute atomic E-state index is 0.0841. The molecule has 1 fully saturated rings. The van der Waals surface area contributed by atoms with Crippen molar-refractivity contribution in [1.82, 2.24) is 25.1 Å². The maximum atomic E-state index is 12.8. The summed E-state index contributed by atoms with van der Waals surface area (Å²) in [7, 11) is 0. The van der Waals surface area contributed by atoms with Gasteiger partial charge in [0.15, 0.2) is 0 Å². The van der Waals surface area contributed by atoms with Crippen molar-refractivity contribution in [1.29, 1.82) is 0 Å². The molecule has 0 radical (unpaired) electrons. The molecular formula is C22H19N5O. The number of rotatable bonds is 2. The summed E-state index contributed by atoms with van der Waals surface area (Å²) in [6, 6.07) is 8.20. The first kappa shape index (κ1) is 15.6. The number of aromatic amines is 3. The fourth-order valence-corrected chi connectivity index (χ4v) is 4.67. The number of nitrogens with one attached hydrogen (secondary N) is 3. The van der Waals surface area contributed by atoms with E-state index in [1.165, 1.54) is 25.7 Å². The van der Waals surface area contributed by atoms with E-state index >= 15 is 0 Å². The van der Waals surface area contributed by atoms with Gasteiger partial charge in [-0.2, -0.15) is 5.10 Å². The van der Waals surface area contributed by atoms with E-state index < -0.39 is 0 Å². The fourth-order valence-electron chi connectivity index (χ4n) is 4.67. The van der Waals surface area contributed by atoms with Gasteiger partial charge in [-0.15, -0.1) is 0 Å². The van der Waals surface area contributed by atoms with Crippen molar-refractivity contribution in [2.45, 2.75) is 31.6 Å². The van der Waals surface area contributed by atoms with Crippen LogP contribution in [-0.2, 0) is 0 Å². The van der Waals surface area contributed by atoms with E-state index in [2.05, 4.69) is 38.4 Å². The summed E-state index contributed by atoms with van der Waals surface area (Å²) in [6.45, 7) is 0. The van der Waals surface area contributed by atoms with Crippen LogP contribution in [0.5, 0.6) is 0 Å². The first-order valence-electron chi connectivity index (χ1n) is 9.75. The SMILES string of the molecule is O=c1[nH]ccc2c3nc(C4CCCC4)[nH]c3c3ccc(-c4cn[nH]c4)cc3c12. The van der Waals surface area contributed by atoms with E-state index in [9.17, 15) is 4.79 Å². The van der Waals surface area contributed by atoms with Crippen LogP contribution in [0, 0.1) is 0 Å². The van der Waals surface area contributed by atoms with E-state index in [1.54, 1.807) is 12.4 Å². The van der Waals surface area contributed by atoms with Gasteiger partial charge in [0.2, 0.25) is 0 Å². The fraction of sp³-hybridized carbons (Fsp3) is 0.227. The molecule has 0 saturated heterocycles. The van der Waals surface area contributed by atoms with E-state index in [1.807, 2.05) is 12.3 Å². The normalized spacial score (nSPS) is 15.3. The van der Waals surface area contributed by atoms with Crippen LogP contribution in [0.25, 0.3) is 43.7 Å². The maximum absolute atomic E-state index is 12.8. The van der Waals surface area contributed by atoms with Crippen molar-refractivity contribution in [3.63, 3.8) is 0 Å². The predicted molar refractivity (Wildman–Crippen MR) is 111 cm³/mol. The molecule has 0 unspecified atom stereocenters. The number of hydrogen-bond acceptors (Lipinski definition) is 3. The molecule has 3 aromatic heterocycles. The highest BCUT2D eigenvalue weighted by Crippen LogP contribution is 2.38. The Hall–Kier alpha value is -3.41. The number of hydrogen-bond donors (Lipinski definition) is 3. The van der Waals surface area contributed by atoms with Gasteiger partial charge in [-0.3, -0.25) is 9.89 Å². The van der Waals surface area contributed by atoms with Crippen molar-refractivity contribution >= 4 is 32.6 Å². The third-order valence-corrected chi connectivity index (χ3v) is 6.07. The molecule has 6 heteroatoms. The molecule has 1 saturated carbocycles. The minimum Gasteiger partial charge on any atom is -0.341 e. The van der Waals surface area contributed by atoms with Crippen LogP contribution in [0.2, 0.25) is 0 Å². The zero-order chi connectivity index (χ0) is 18.7. The molecular weight excluding hydrogens is 350 g/mol. The quantitative estimate of drug-likeness (QED) is 0.397. The third-order valence-electron chi connectivity index (χ3n) is 6.07. The largest absolute Gasteiger partial charge is 0.341 e. The van der Waals surface area contributed by atoms with Crippen molar-refractivity contribution in [3.8, 4) is 11.1 Å². The summed E-state index contributed by atoms with van der Waals surface area (Å²) in [6.07, 6.45) is 10.2. The minimum atomic E-state index is -0.0841. The first-order chi connectivity index (χ1) is 13.8. The van der Waals surface area contributed by atoms with Gasteiger partial charge in [0.1, 0.15) is 5.82 Å². The van der Waals surface area contributed by atoms with Gasteiger partial charge in [0.25, 0.3) is 5.56 Å². The summed E-state index contributed by atoms with van der Waals surface area (Å²) in [5.41, 5.74) is 3.86. The molecule has 2 aromatic carbocycles. The molecule has 1 aliphatic carbocycles. The van der Waals surface area contributed by atoms with Gasteiger partial charge in [0, 0.05) is 34.6 Å². The van der Waals surface area contributed by atoms with Gasteiger partial charge in [-0.25, -0.2) is 4.98 Å². The summed E-state index contributed by atoms with van der Waals surface area (Å²) >= 11 is 0. The second-order valence-corrected chi connectivity index (χ2v) is 7.67. The van der Waals surface area contributed by atoms with Crippen molar-refractivity contribution in [2.24, 2.45) is 0 Å². The number of aromatic nitrogens is 5. The Morgan fingerprint density at radius 1 is 1.00 bits per heavy atom. The number of nitrogens with zero attached hydrogens (tertiary/aromatic N) is 2. The highest BCUT2D eigenvalue weighted by atomic mass is 16.1. The van der Waals surface area contributed by atoms with Gasteiger partial charge < -0.3 is 9.97 Å². The Morgan fingerprint density at radius 2 is 1.89 bits per heavy atom. The molecule has 3 heterocycles. The number of fused-ring (bicyclic) bond motifs is 6.